The van der Waals surface area contributed by atoms with Gasteiger partial charge in [-0.1, -0.05) is 32.0 Å². The fourth-order valence-corrected chi connectivity index (χ4v) is 3.26. The van der Waals surface area contributed by atoms with E-state index in [-0.39, 0.29) is 11.3 Å². The zero-order valence-corrected chi connectivity index (χ0v) is 17.0. The van der Waals surface area contributed by atoms with E-state index in [1.54, 1.807) is 24.3 Å². The van der Waals surface area contributed by atoms with Gasteiger partial charge in [0, 0.05) is 0 Å². The van der Waals surface area contributed by atoms with Crippen LogP contribution in [0.4, 0.5) is 10.5 Å². The van der Waals surface area contributed by atoms with Crippen LogP contribution in [0.25, 0.3) is 6.08 Å². The Morgan fingerprint density at radius 1 is 1.14 bits per heavy atom. The van der Waals surface area contributed by atoms with Crippen molar-refractivity contribution < 1.29 is 19.5 Å². The third-order valence-corrected chi connectivity index (χ3v) is 5.35. The normalized spacial score (nSPS) is 17.0. The van der Waals surface area contributed by atoms with Crippen molar-refractivity contribution >= 4 is 45.5 Å². The molecule has 0 unspecified atom stereocenters. The Morgan fingerprint density at radius 2 is 1.82 bits per heavy atom. The van der Waals surface area contributed by atoms with Crippen molar-refractivity contribution in [3.63, 3.8) is 0 Å². The van der Waals surface area contributed by atoms with Gasteiger partial charge in [-0.3, -0.25) is 14.9 Å². The Morgan fingerprint density at radius 3 is 2.43 bits per heavy atom. The number of nitrogens with zero attached hydrogens (tertiary/aromatic N) is 1. The number of carbonyl (C=O) groups is 3. The number of aromatic hydroxyl groups is 1. The predicted octanol–water partition coefficient (Wildman–Crippen LogP) is 4.33. The van der Waals surface area contributed by atoms with Crippen LogP contribution in [-0.4, -0.2) is 23.0 Å². The Hall–Kier alpha value is -2.93. The van der Waals surface area contributed by atoms with Crippen molar-refractivity contribution in [1.82, 2.24) is 5.32 Å². The van der Waals surface area contributed by atoms with Crippen LogP contribution in [0.5, 0.6) is 5.75 Å². The molecule has 2 N–H and O–H groups in total. The molecule has 2 aromatic rings. The number of phenolic OH excluding ortho intramolecular Hbond substituents is 1. The molecule has 1 saturated heterocycles. The lowest BCUT2D eigenvalue weighted by molar-refractivity contribution is -0.122. The zero-order chi connectivity index (χ0) is 20.4. The molecule has 144 valence electrons. The van der Waals surface area contributed by atoms with E-state index in [0.29, 0.717) is 21.6 Å². The summed E-state index contributed by atoms with van der Waals surface area (Å²) in [6.45, 7) is 4.19. The number of phenols is 1. The highest BCUT2D eigenvalue weighted by molar-refractivity contribution is 9.10. The zero-order valence-electron chi connectivity index (χ0n) is 15.4. The van der Waals surface area contributed by atoms with Crippen LogP contribution in [0, 0.1) is 0 Å². The molecule has 0 spiro atoms. The Bertz CT molecular complexity index is 982. The number of imide groups is 2. The van der Waals surface area contributed by atoms with Gasteiger partial charge < -0.3 is 5.11 Å². The predicted molar refractivity (Wildman–Crippen MR) is 110 cm³/mol. The van der Waals surface area contributed by atoms with Crippen LogP contribution in [-0.2, 0) is 9.59 Å². The molecule has 3 rings (SSSR count). The number of anilines is 1. The van der Waals surface area contributed by atoms with Gasteiger partial charge in [0.2, 0.25) is 0 Å². The SMILES string of the molecule is CC[C@@H](C)c1ccc(N2C(=O)NC(=O)/C(=C/c3ccc(O)c(Br)c3)C2=O)cc1. The minimum Gasteiger partial charge on any atom is -0.507 e. The minimum absolute atomic E-state index is 0.0415. The first-order valence-electron chi connectivity index (χ1n) is 8.81. The summed E-state index contributed by atoms with van der Waals surface area (Å²) in [5.74, 6) is -1.05. The van der Waals surface area contributed by atoms with E-state index in [1.165, 1.54) is 12.1 Å². The summed E-state index contributed by atoms with van der Waals surface area (Å²) in [5.41, 5.74) is 1.87. The first kappa shape index (κ1) is 19.8. The van der Waals surface area contributed by atoms with E-state index in [9.17, 15) is 19.5 Å². The van der Waals surface area contributed by atoms with Crippen molar-refractivity contribution in [2.75, 3.05) is 4.90 Å². The van der Waals surface area contributed by atoms with Crippen molar-refractivity contribution in [3.8, 4) is 5.75 Å². The van der Waals surface area contributed by atoms with Gasteiger partial charge in [-0.15, -0.1) is 0 Å². The third kappa shape index (κ3) is 3.84. The summed E-state index contributed by atoms with van der Waals surface area (Å²) in [6.07, 6.45) is 2.36. The van der Waals surface area contributed by atoms with E-state index >= 15 is 0 Å². The molecule has 4 amide bonds. The molecule has 2 aromatic carbocycles. The van der Waals surface area contributed by atoms with Crippen LogP contribution in [0.15, 0.2) is 52.5 Å². The molecule has 0 radical (unpaired) electrons. The number of benzene rings is 2. The summed E-state index contributed by atoms with van der Waals surface area (Å²) in [5, 5.41) is 11.8. The molecule has 1 fully saturated rings. The van der Waals surface area contributed by atoms with E-state index in [2.05, 4.69) is 35.1 Å². The maximum absolute atomic E-state index is 12.9. The molecular weight excluding hydrogens is 424 g/mol. The number of carbonyl (C=O) groups excluding carboxylic acids is 3. The fourth-order valence-electron chi connectivity index (χ4n) is 2.86. The Kier molecular flexibility index (Phi) is 5.65. The molecule has 6 nitrogen and oxygen atoms in total. The van der Waals surface area contributed by atoms with Crippen molar-refractivity contribution in [3.05, 3.63) is 63.6 Å². The van der Waals surface area contributed by atoms with E-state index in [0.717, 1.165) is 16.9 Å². The van der Waals surface area contributed by atoms with Gasteiger partial charge in [0.15, 0.2) is 0 Å². The second kappa shape index (κ2) is 7.98. The highest BCUT2D eigenvalue weighted by atomic mass is 79.9. The number of nitrogens with one attached hydrogen (secondary N) is 1. The van der Waals surface area contributed by atoms with Crippen molar-refractivity contribution in [1.29, 1.82) is 0 Å². The van der Waals surface area contributed by atoms with Crippen LogP contribution in [0.3, 0.4) is 0 Å². The number of amides is 4. The van der Waals surface area contributed by atoms with Crippen LogP contribution < -0.4 is 10.2 Å². The number of rotatable bonds is 4. The van der Waals surface area contributed by atoms with Crippen LogP contribution in [0.2, 0.25) is 0 Å². The van der Waals surface area contributed by atoms with Gasteiger partial charge in [-0.05, 0) is 69.7 Å². The summed E-state index contributed by atoms with van der Waals surface area (Å²) in [4.78, 5) is 38.4. The molecular formula is C21H19BrN2O4. The first-order valence-corrected chi connectivity index (χ1v) is 9.61. The van der Waals surface area contributed by atoms with Gasteiger partial charge in [0.25, 0.3) is 11.8 Å². The minimum atomic E-state index is -0.782. The van der Waals surface area contributed by atoms with Crippen molar-refractivity contribution in [2.24, 2.45) is 0 Å². The molecule has 28 heavy (non-hydrogen) atoms. The summed E-state index contributed by atoms with van der Waals surface area (Å²) >= 11 is 3.19. The molecule has 0 aromatic heterocycles. The summed E-state index contributed by atoms with van der Waals surface area (Å²) < 4.78 is 0.430. The smallest absolute Gasteiger partial charge is 0.335 e. The monoisotopic (exact) mass is 442 g/mol. The second-order valence-electron chi connectivity index (χ2n) is 6.57. The first-order chi connectivity index (χ1) is 13.3. The highest BCUT2D eigenvalue weighted by Gasteiger charge is 2.36. The molecule has 0 saturated carbocycles. The average Bonchev–Trinajstić information content (AvgIpc) is 2.67. The molecule has 1 atom stereocenters. The molecule has 1 heterocycles. The fraction of sp³-hybridized carbons (Fsp3) is 0.190. The Balaban J connectivity index is 1.95. The van der Waals surface area contributed by atoms with E-state index < -0.39 is 17.8 Å². The number of halogens is 1. The molecule has 1 aliphatic rings. The third-order valence-electron chi connectivity index (χ3n) is 4.72. The summed E-state index contributed by atoms with van der Waals surface area (Å²) in [7, 11) is 0. The maximum Gasteiger partial charge on any atom is 0.335 e. The quantitative estimate of drug-likeness (QED) is 0.544. The van der Waals surface area contributed by atoms with E-state index in [1.807, 2.05) is 12.1 Å². The lowest BCUT2D eigenvalue weighted by Gasteiger charge is -2.26. The van der Waals surface area contributed by atoms with Gasteiger partial charge in [-0.2, -0.15) is 0 Å². The van der Waals surface area contributed by atoms with Crippen molar-refractivity contribution in [2.45, 2.75) is 26.2 Å². The standard InChI is InChI=1S/C21H19BrN2O4/c1-3-12(2)14-5-7-15(8-6-14)24-20(27)16(19(26)23-21(24)28)10-13-4-9-18(25)17(22)11-13/h4-12,25H,3H2,1-2H3,(H,23,26,28)/b16-10-/t12-/m1/s1. The topological polar surface area (TPSA) is 86.7 Å². The van der Waals surface area contributed by atoms with Gasteiger partial charge in [0.1, 0.15) is 11.3 Å². The van der Waals surface area contributed by atoms with Gasteiger partial charge >= 0.3 is 6.03 Å². The molecule has 1 aliphatic heterocycles. The number of hydrogen-bond acceptors (Lipinski definition) is 4. The van der Waals surface area contributed by atoms with Gasteiger partial charge in [-0.25, -0.2) is 9.69 Å². The van der Waals surface area contributed by atoms with Crippen LogP contribution >= 0.6 is 15.9 Å². The molecule has 0 aliphatic carbocycles. The molecule has 0 bridgehead atoms. The summed E-state index contributed by atoms with van der Waals surface area (Å²) in [6, 6.07) is 10.9. The highest BCUT2D eigenvalue weighted by Crippen LogP contribution is 2.28. The number of barbiturate groups is 1. The average molecular weight is 443 g/mol. The molecule has 7 heteroatoms. The number of urea groups is 1. The Labute approximate surface area is 171 Å². The van der Waals surface area contributed by atoms with E-state index in [4.69, 9.17) is 0 Å². The second-order valence-corrected chi connectivity index (χ2v) is 7.42. The lowest BCUT2D eigenvalue weighted by atomic mass is 9.98. The van der Waals surface area contributed by atoms with Gasteiger partial charge in [0.05, 0.1) is 10.2 Å². The largest absolute Gasteiger partial charge is 0.507 e. The number of hydrogen-bond donors (Lipinski definition) is 2. The maximum atomic E-state index is 12.9. The van der Waals surface area contributed by atoms with Crippen LogP contribution in [0.1, 0.15) is 37.3 Å². The lowest BCUT2D eigenvalue weighted by Crippen LogP contribution is -2.54.